The van der Waals surface area contributed by atoms with Gasteiger partial charge in [-0.05, 0) is 29.8 Å². The zero-order chi connectivity index (χ0) is 16.1. The van der Waals surface area contributed by atoms with Crippen molar-refractivity contribution < 1.29 is 0 Å². The Morgan fingerprint density at radius 2 is 1.61 bits per heavy atom. The summed E-state index contributed by atoms with van der Waals surface area (Å²) in [5.74, 6) is 0. The standard InChI is InChI=1S/C19H22N4/c1-22(2)18-10-8-16(9-11-18)12-20-13-17-14-21-23(15-17)19-6-4-3-5-7-19/h3-11,14-15,20H,12-13H2,1-2H3. The molecule has 1 aromatic heterocycles. The van der Waals surface area contributed by atoms with Crippen LogP contribution in [0.25, 0.3) is 5.69 Å². The van der Waals surface area contributed by atoms with E-state index in [4.69, 9.17) is 0 Å². The van der Waals surface area contributed by atoms with Gasteiger partial charge in [-0.3, -0.25) is 0 Å². The summed E-state index contributed by atoms with van der Waals surface area (Å²) in [4.78, 5) is 2.11. The molecule has 3 aromatic rings. The van der Waals surface area contributed by atoms with Crippen molar-refractivity contribution >= 4 is 5.69 Å². The van der Waals surface area contributed by atoms with Gasteiger partial charge in [0.25, 0.3) is 0 Å². The van der Waals surface area contributed by atoms with Crippen LogP contribution in [-0.4, -0.2) is 23.9 Å². The van der Waals surface area contributed by atoms with Crippen molar-refractivity contribution in [2.45, 2.75) is 13.1 Å². The van der Waals surface area contributed by atoms with E-state index in [0.29, 0.717) is 0 Å². The molecular formula is C19H22N4. The normalized spacial score (nSPS) is 10.7. The van der Waals surface area contributed by atoms with Crippen LogP contribution in [0.5, 0.6) is 0 Å². The number of para-hydroxylation sites is 1. The van der Waals surface area contributed by atoms with Crippen LogP contribution in [0.1, 0.15) is 11.1 Å². The molecule has 1 N–H and O–H groups in total. The predicted octanol–water partition coefficient (Wildman–Crippen LogP) is 3.23. The molecule has 3 rings (SSSR count). The average Bonchev–Trinajstić information content (AvgIpc) is 3.05. The second-order valence-electron chi connectivity index (χ2n) is 5.79. The summed E-state index contributed by atoms with van der Waals surface area (Å²) in [5, 5.41) is 7.88. The van der Waals surface area contributed by atoms with E-state index in [1.54, 1.807) is 0 Å². The second-order valence-corrected chi connectivity index (χ2v) is 5.79. The maximum Gasteiger partial charge on any atom is 0.0645 e. The van der Waals surface area contributed by atoms with Gasteiger partial charge in [0.1, 0.15) is 0 Å². The summed E-state index contributed by atoms with van der Waals surface area (Å²) in [6.07, 6.45) is 3.98. The Labute approximate surface area is 137 Å². The van der Waals surface area contributed by atoms with Crippen molar-refractivity contribution in [2.24, 2.45) is 0 Å². The van der Waals surface area contributed by atoms with Crippen molar-refractivity contribution in [2.75, 3.05) is 19.0 Å². The Morgan fingerprint density at radius 3 is 2.30 bits per heavy atom. The lowest BCUT2D eigenvalue weighted by atomic mass is 10.2. The van der Waals surface area contributed by atoms with Crippen molar-refractivity contribution in [3.63, 3.8) is 0 Å². The predicted molar refractivity (Wildman–Crippen MR) is 94.9 cm³/mol. The molecule has 0 saturated carbocycles. The van der Waals surface area contributed by atoms with Gasteiger partial charge in [0.2, 0.25) is 0 Å². The number of anilines is 1. The minimum Gasteiger partial charge on any atom is -0.378 e. The first-order chi connectivity index (χ1) is 11.2. The summed E-state index contributed by atoms with van der Waals surface area (Å²) < 4.78 is 1.91. The van der Waals surface area contributed by atoms with Crippen LogP contribution in [0.15, 0.2) is 67.0 Å². The highest BCUT2D eigenvalue weighted by Gasteiger charge is 2.01. The topological polar surface area (TPSA) is 33.1 Å². The maximum absolute atomic E-state index is 4.41. The molecule has 1 heterocycles. The third-order valence-electron chi connectivity index (χ3n) is 3.77. The number of rotatable bonds is 6. The SMILES string of the molecule is CN(C)c1ccc(CNCc2cnn(-c3ccccc3)c2)cc1. The third-order valence-corrected chi connectivity index (χ3v) is 3.77. The van der Waals surface area contributed by atoms with Gasteiger partial charge >= 0.3 is 0 Å². The molecule has 0 fully saturated rings. The van der Waals surface area contributed by atoms with E-state index >= 15 is 0 Å². The van der Waals surface area contributed by atoms with Crippen LogP contribution in [0, 0.1) is 0 Å². The molecule has 0 spiro atoms. The number of hydrogen-bond donors (Lipinski definition) is 1. The lowest BCUT2D eigenvalue weighted by molar-refractivity contribution is 0.693. The number of benzene rings is 2. The van der Waals surface area contributed by atoms with Crippen LogP contribution < -0.4 is 10.2 Å². The van der Waals surface area contributed by atoms with E-state index in [1.807, 2.05) is 29.1 Å². The molecule has 4 heteroatoms. The van der Waals surface area contributed by atoms with Crippen molar-refractivity contribution in [1.82, 2.24) is 15.1 Å². The summed E-state index contributed by atoms with van der Waals surface area (Å²) >= 11 is 0. The van der Waals surface area contributed by atoms with Crippen LogP contribution in [-0.2, 0) is 13.1 Å². The molecular weight excluding hydrogens is 284 g/mol. The van der Waals surface area contributed by atoms with E-state index in [-0.39, 0.29) is 0 Å². The zero-order valence-electron chi connectivity index (χ0n) is 13.6. The van der Waals surface area contributed by atoms with E-state index in [0.717, 1.165) is 18.8 Å². The first kappa shape index (κ1) is 15.3. The molecule has 0 bridgehead atoms. The highest BCUT2D eigenvalue weighted by atomic mass is 15.3. The number of hydrogen-bond acceptors (Lipinski definition) is 3. The fourth-order valence-electron chi connectivity index (χ4n) is 2.44. The monoisotopic (exact) mass is 306 g/mol. The Bertz CT molecular complexity index is 730. The maximum atomic E-state index is 4.41. The first-order valence-electron chi connectivity index (χ1n) is 7.78. The summed E-state index contributed by atoms with van der Waals surface area (Å²) in [6.45, 7) is 1.66. The molecule has 0 atom stereocenters. The van der Waals surface area contributed by atoms with E-state index in [2.05, 4.69) is 72.0 Å². The quantitative estimate of drug-likeness (QED) is 0.759. The third kappa shape index (κ3) is 3.99. The Morgan fingerprint density at radius 1 is 0.913 bits per heavy atom. The lowest BCUT2D eigenvalue weighted by Gasteiger charge is -2.12. The highest BCUT2D eigenvalue weighted by Crippen LogP contribution is 2.12. The smallest absolute Gasteiger partial charge is 0.0645 e. The molecule has 2 aromatic carbocycles. The number of nitrogens with one attached hydrogen (secondary N) is 1. The van der Waals surface area contributed by atoms with Gasteiger partial charge in [0.15, 0.2) is 0 Å². The van der Waals surface area contributed by atoms with Crippen molar-refractivity contribution in [3.8, 4) is 5.69 Å². The minimum absolute atomic E-state index is 0.808. The van der Waals surface area contributed by atoms with E-state index in [1.165, 1.54) is 16.8 Å². The Hall–Kier alpha value is -2.59. The Kier molecular flexibility index (Phi) is 4.74. The van der Waals surface area contributed by atoms with Gasteiger partial charge in [-0.2, -0.15) is 5.10 Å². The second kappa shape index (κ2) is 7.11. The van der Waals surface area contributed by atoms with Crippen molar-refractivity contribution in [1.29, 1.82) is 0 Å². The van der Waals surface area contributed by atoms with Crippen LogP contribution in [0.2, 0.25) is 0 Å². The zero-order valence-corrected chi connectivity index (χ0v) is 13.6. The minimum atomic E-state index is 0.808. The molecule has 0 aliphatic rings. The molecule has 0 unspecified atom stereocenters. The summed E-state index contributed by atoms with van der Waals surface area (Å²) in [5.41, 5.74) is 4.76. The van der Waals surface area contributed by atoms with Gasteiger partial charge in [-0.15, -0.1) is 0 Å². The van der Waals surface area contributed by atoms with Crippen LogP contribution in [0.4, 0.5) is 5.69 Å². The summed E-state index contributed by atoms with van der Waals surface area (Å²) in [7, 11) is 4.11. The fraction of sp³-hybridized carbons (Fsp3) is 0.211. The van der Waals surface area contributed by atoms with E-state index in [9.17, 15) is 0 Å². The van der Waals surface area contributed by atoms with Gasteiger partial charge in [0, 0.05) is 44.6 Å². The van der Waals surface area contributed by atoms with E-state index < -0.39 is 0 Å². The van der Waals surface area contributed by atoms with Gasteiger partial charge in [-0.1, -0.05) is 30.3 Å². The highest BCUT2D eigenvalue weighted by molar-refractivity contribution is 5.45. The molecule has 0 aliphatic carbocycles. The van der Waals surface area contributed by atoms with Gasteiger partial charge < -0.3 is 10.2 Å². The molecule has 118 valence electrons. The summed E-state index contributed by atoms with van der Waals surface area (Å²) in [6, 6.07) is 18.8. The molecule has 23 heavy (non-hydrogen) atoms. The molecule has 0 saturated heterocycles. The molecule has 0 aliphatic heterocycles. The number of aromatic nitrogens is 2. The molecule has 4 nitrogen and oxygen atoms in total. The first-order valence-corrected chi connectivity index (χ1v) is 7.78. The van der Waals surface area contributed by atoms with Crippen LogP contribution in [0.3, 0.4) is 0 Å². The number of nitrogens with zero attached hydrogens (tertiary/aromatic N) is 3. The van der Waals surface area contributed by atoms with Gasteiger partial charge in [-0.25, -0.2) is 4.68 Å². The molecule has 0 amide bonds. The Balaban J connectivity index is 1.54. The fourth-order valence-corrected chi connectivity index (χ4v) is 2.44. The van der Waals surface area contributed by atoms with Crippen molar-refractivity contribution in [3.05, 3.63) is 78.1 Å². The largest absolute Gasteiger partial charge is 0.378 e. The lowest BCUT2D eigenvalue weighted by Crippen LogP contribution is -2.13. The average molecular weight is 306 g/mol. The van der Waals surface area contributed by atoms with Gasteiger partial charge in [0.05, 0.1) is 11.9 Å². The van der Waals surface area contributed by atoms with Crippen LogP contribution >= 0.6 is 0 Å². The molecule has 0 radical (unpaired) electrons.